The minimum absolute atomic E-state index is 0.128. The molecule has 1 aliphatic heterocycles. The molecule has 0 saturated carbocycles. The predicted octanol–water partition coefficient (Wildman–Crippen LogP) is 3.10. The van der Waals surface area contributed by atoms with Gasteiger partial charge in [-0.05, 0) is 49.8 Å². The number of nitrogens with zero attached hydrogens (tertiary/aromatic N) is 2. The van der Waals surface area contributed by atoms with Gasteiger partial charge in [-0.3, -0.25) is 0 Å². The number of ether oxygens (including phenoxy) is 3. The smallest absolute Gasteiger partial charge is 0.243 e. The highest BCUT2D eigenvalue weighted by atomic mass is 32.2. The van der Waals surface area contributed by atoms with E-state index in [1.165, 1.54) is 37.7 Å². The number of methoxy groups -OCH3 is 2. The molecule has 0 spiro atoms. The summed E-state index contributed by atoms with van der Waals surface area (Å²) in [6.07, 6.45) is 5.53. The van der Waals surface area contributed by atoms with Crippen LogP contribution < -0.4 is 14.2 Å². The van der Waals surface area contributed by atoms with Gasteiger partial charge in [-0.1, -0.05) is 0 Å². The van der Waals surface area contributed by atoms with E-state index in [9.17, 15) is 8.42 Å². The van der Waals surface area contributed by atoms with Gasteiger partial charge < -0.3 is 14.2 Å². The van der Waals surface area contributed by atoms with Crippen LogP contribution in [0.2, 0.25) is 0 Å². The summed E-state index contributed by atoms with van der Waals surface area (Å²) in [5, 5.41) is 0. The van der Waals surface area contributed by atoms with Crippen molar-refractivity contribution in [3.63, 3.8) is 0 Å². The molecule has 1 aromatic heterocycles. The van der Waals surface area contributed by atoms with Crippen LogP contribution in [-0.4, -0.2) is 44.6 Å². The van der Waals surface area contributed by atoms with Crippen LogP contribution in [0.4, 0.5) is 0 Å². The Balaban J connectivity index is 1.84. The molecular weight excluding hydrogens is 380 g/mol. The first-order chi connectivity index (χ1) is 13.2. The Kier molecular flexibility index (Phi) is 5.36. The Hall–Kier alpha value is -2.58. The molecule has 8 heteroatoms. The molecule has 1 aliphatic rings. The topological polar surface area (TPSA) is 78.0 Å². The zero-order valence-electron chi connectivity index (χ0n) is 16.6. The highest BCUT2D eigenvalue weighted by Gasteiger charge is 2.25. The van der Waals surface area contributed by atoms with Gasteiger partial charge in [-0.15, -0.1) is 0 Å². The average molecular weight is 404 g/mol. The Morgan fingerprint density at radius 2 is 1.86 bits per heavy atom. The van der Waals surface area contributed by atoms with Crippen molar-refractivity contribution in [2.24, 2.45) is 0 Å². The van der Waals surface area contributed by atoms with Crippen LogP contribution in [0.3, 0.4) is 0 Å². The summed E-state index contributed by atoms with van der Waals surface area (Å²) in [7, 11) is 0.781. The standard InChI is InChI=1S/C20H24N2O5S/c1-20(2)9-8-15-10-14(12-21-19(15)27-20)13-22(3)28(23,24)16-6-7-17(25-4)18(11-16)26-5/h6-12H,13H2,1-5H3. The summed E-state index contributed by atoms with van der Waals surface area (Å²) in [5.74, 6) is 1.37. The Labute approximate surface area is 165 Å². The van der Waals surface area contributed by atoms with Gasteiger partial charge >= 0.3 is 0 Å². The van der Waals surface area contributed by atoms with E-state index in [1.54, 1.807) is 12.3 Å². The number of pyridine rings is 1. The van der Waals surface area contributed by atoms with E-state index in [0.29, 0.717) is 17.4 Å². The largest absolute Gasteiger partial charge is 0.493 e. The van der Waals surface area contributed by atoms with Crippen LogP contribution in [0.15, 0.2) is 41.4 Å². The first-order valence-electron chi connectivity index (χ1n) is 8.72. The summed E-state index contributed by atoms with van der Waals surface area (Å²) in [5.41, 5.74) is 1.18. The molecule has 0 saturated heterocycles. The SMILES string of the molecule is COc1ccc(S(=O)(=O)N(C)Cc2cnc3c(c2)C=CC(C)(C)O3)cc1OC. The minimum atomic E-state index is -3.71. The molecule has 0 N–H and O–H groups in total. The monoisotopic (exact) mass is 404 g/mol. The lowest BCUT2D eigenvalue weighted by Gasteiger charge is -2.27. The van der Waals surface area contributed by atoms with Crippen molar-refractivity contribution in [2.45, 2.75) is 30.9 Å². The molecule has 2 aromatic rings. The molecule has 1 aromatic carbocycles. The number of benzene rings is 1. The maximum atomic E-state index is 12.9. The number of hydrogen-bond donors (Lipinski definition) is 0. The number of sulfonamides is 1. The lowest BCUT2D eigenvalue weighted by atomic mass is 10.0. The second-order valence-electron chi connectivity index (χ2n) is 7.05. The molecule has 7 nitrogen and oxygen atoms in total. The van der Waals surface area contributed by atoms with Gasteiger partial charge in [0.25, 0.3) is 0 Å². The predicted molar refractivity (Wildman–Crippen MR) is 106 cm³/mol. The van der Waals surface area contributed by atoms with E-state index < -0.39 is 15.6 Å². The van der Waals surface area contributed by atoms with Gasteiger partial charge in [0.2, 0.25) is 15.9 Å². The molecule has 2 heterocycles. The molecule has 150 valence electrons. The van der Waals surface area contributed by atoms with Gasteiger partial charge in [0.15, 0.2) is 11.5 Å². The highest BCUT2D eigenvalue weighted by Crippen LogP contribution is 2.32. The average Bonchev–Trinajstić information content (AvgIpc) is 2.66. The second kappa shape index (κ2) is 7.44. The third-order valence-electron chi connectivity index (χ3n) is 4.43. The molecule has 0 radical (unpaired) electrons. The molecule has 0 unspecified atom stereocenters. The van der Waals surface area contributed by atoms with Gasteiger partial charge in [-0.25, -0.2) is 13.4 Å². The van der Waals surface area contributed by atoms with Crippen LogP contribution in [0.25, 0.3) is 6.08 Å². The van der Waals surface area contributed by atoms with E-state index in [-0.39, 0.29) is 11.4 Å². The van der Waals surface area contributed by atoms with Gasteiger partial charge in [0.1, 0.15) is 5.60 Å². The van der Waals surface area contributed by atoms with Crippen LogP contribution >= 0.6 is 0 Å². The van der Waals surface area contributed by atoms with Crippen LogP contribution in [-0.2, 0) is 16.6 Å². The molecule has 0 bridgehead atoms. The van der Waals surface area contributed by atoms with E-state index in [4.69, 9.17) is 14.2 Å². The minimum Gasteiger partial charge on any atom is -0.493 e. The quantitative estimate of drug-likeness (QED) is 0.736. The van der Waals surface area contributed by atoms with E-state index >= 15 is 0 Å². The van der Waals surface area contributed by atoms with Crippen molar-refractivity contribution >= 4 is 16.1 Å². The maximum Gasteiger partial charge on any atom is 0.243 e. The lowest BCUT2D eigenvalue weighted by Crippen LogP contribution is -2.29. The van der Waals surface area contributed by atoms with E-state index in [2.05, 4.69) is 4.98 Å². The van der Waals surface area contributed by atoms with Crippen LogP contribution in [0.1, 0.15) is 25.0 Å². The van der Waals surface area contributed by atoms with Crippen LogP contribution in [0.5, 0.6) is 17.4 Å². The van der Waals surface area contributed by atoms with Crippen molar-refractivity contribution in [3.8, 4) is 17.4 Å². The second-order valence-corrected chi connectivity index (χ2v) is 9.10. The van der Waals surface area contributed by atoms with Crippen molar-refractivity contribution in [3.05, 3.63) is 47.7 Å². The molecular formula is C20H24N2O5S. The van der Waals surface area contributed by atoms with Crippen molar-refractivity contribution < 1.29 is 22.6 Å². The molecule has 0 amide bonds. The summed E-state index contributed by atoms with van der Waals surface area (Å²) < 4.78 is 43.4. The fourth-order valence-corrected chi connectivity index (χ4v) is 4.05. The van der Waals surface area contributed by atoms with Crippen molar-refractivity contribution in [1.82, 2.24) is 9.29 Å². The molecule has 3 rings (SSSR count). The molecule has 0 aliphatic carbocycles. The summed E-state index contributed by atoms with van der Waals surface area (Å²) >= 11 is 0. The Bertz CT molecular complexity index is 1020. The maximum absolute atomic E-state index is 12.9. The van der Waals surface area contributed by atoms with Gasteiger partial charge in [0.05, 0.1) is 19.1 Å². The number of aromatic nitrogens is 1. The van der Waals surface area contributed by atoms with E-state index in [1.807, 2.05) is 32.1 Å². The Morgan fingerprint density at radius 1 is 1.14 bits per heavy atom. The third-order valence-corrected chi connectivity index (χ3v) is 6.23. The fourth-order valence-electron chi connectivity index (χ4n) is 2.88. The zero-order chi connectivity index (χ0) is 20.5. The summed E-state index contributed by atoms with van der Waals surface area (Å²) in [6.45, 7) is 4.07. The first-order valence-corrected chi connectivity index (χ1v) is 10.2. The summed E-state index contributed by atoms with van der Waals surface area (Å²) in [4.78, 5) is 4.47. The van der Waals surface area contributed by atoms with Gasteiger partial charge in [-0.2, -0.15) is 4.31 Å². The van der Waals surface area contributed by atoms with Gasteiger partial charge in [0, 0.05) is 31.4 Å². The number of fused-ring (bicyclic) bond motifs is 1. The fraction of sp³-hybridized carbons (Fsp3) is 0.350. The highest BCUT2D eigenvalue weighted by molar-refractivity contribution is 7.89. The van der Waals surface area contributed by atoms with Crippen molar-refractivity contribution in [1.29, 1.82) is 0 Å². The molecule has 0 atom stereocenters. The van der Waals surface area contributed by atoms with E-state index in [0.717, 1.165) is 11.1 Å². The normalized spacial score (nSPS) is 15.1. The first kappa shape index (κ1) is 20.2. The third kappa shape index (κ3) is 3.98. The van der Waals surface area contributed by atoms with Crippen LogP contribution in [0, 0.1) is 0 Å². The summed E-state index contributed by atoms with van der Waals surface area (Å²) in [6, 6.07) is 6.41. The Morgan fingerprint density at radius 3 is 2.54 bits per heavy atom. The number of rotatable bonds is 6. The number of hydrogen-bond acceptors (Lipinski definition) is 6. The van der Waals surface area contributed by atoms with Crippen molar-refractivity contribution in [2.75, 3.05) is 21.3 Å². The molecule has 28 heavy (non-hydrogen) atoms. The lowest BCUT2D eigenvalue weighted by molar-refractivity contribution is 0.151. The molecule has 0 fully saturated rings. The zero-order valence-corrected chi connectivity index (χ0v) is 17.4.